The lowest BCUT2D eigenvalue weighted by Crippen LogP contribution is -2.44. The van der Waals surface area contributed by atoms with E-state index < -0.39 is 0 Å². The molecule has 0 saturated carbocycles. The minimum atomic E-state index is 0. The predicted molar refractivity (Wildman–Crippen MR) is 54.5 cm³/mol. The zero-order chi connectivity index (χ0) is 7.40. The van der Waals surface area contributed by atoms with Crippen molar-refractivity contribution >= 4 is 31.1 Å². The summed E-state index contributed by atoms with van der Waals surface area (Å²) in [6, 6.07) is 0. The van der Waals surface area contributed by atoms with E-state index in [0.717, 1.165) is 32.5 Å². The SMILES string of the molecule is CN1CCN(CC=O)CC1.Cl.Cl. The number of nitrogens with zero attached hydrogens (tertiary/aromatic N) is 2. The van der Waals surface area contributed by atoms with E-state index in [-0.39, 0.29) is 24.8 Å². The molecule has 0 aromatic heterocycles. The largest absolute Gasteiger partial charge is 0.304 e. The molecule has 0 aromatic carbocycles. The Kier molecular flexibility index (Phi) is 9.54. The molecule has 0 bridgehead atoms. The molecule has 1 heterocycles. The third-order valence-electron chi connectivity index (χ3n) is 1.93. The molecule has 74 valence electrons. The molecule has 0 amide bonds. The van der Waals surface area contributed by atoms with Gasteiger partial charge in [-0.25, -0.2) is 0 Å². The van der Waals surface area contributed by atoms with Crippen LogP contribution in [0.1, 0.15) is 0 Å². The quantitative estimate of drug-likeness (QED) is 0.618. The van der Waals surface area contributed by atoms with Gasteiger partial charge in [-0.2, -0.15) is 0 Å². The van der Waals surface area contributed by atoms with Crippen LogP contribution < -0.4 is 0 Å². The number of aldehydes is 1. The number of piperazine rings is 1. The third kappa shape index (κ3) is 4.93. The first-order chi connectivity index (χ1) is 4.83. The molecule has 1 saturated heterocycles. The van der Waals surface area contributed by atoms with Crippen LogP contribution in [0, 0.1) is 0 Å². The Morgan fingerprint density at radius 1 is 1.17 bits per heavy atom. The van der Waals surface area contributed by atoms with Gasteiger partial charge in [0.2, 0.25) is 0 Å². The molecule has 0 unspecified atom stereocenters. The highest BCUT2D eigenvalue weighted by molar-refractivity contribution is 5.85. The standard InChI is InChI=1S/C7H14N2O.2ClH/c1-8-2-4-9(5-3-8)6-7-10;;/h7H,2-6H2,1H3;2*1H. The van der Waals surface area contributed by atoms with Crippen LogP contribution in [0.2, 0.25) is 0 Å². The maximum absolute atomic E-state index is 10.1. The molecule has 1 fully saturated rings. The fraction of sp³-hybridized carbons (Fsp3) is 0.857. The van der Waals surface area contributed by atoms with Gasteiger partial charge in [-0.3, -0.25) is 4.90 Å². The summed E-state index contributed by atoms with van der Waals surface area (Å²) in [4.78, 5) is 14.6. The first-order valence-electron chi connectivity index (χ1n) is 3.67. The summed E-state index contributed by atoms with van der Waals surface area (Å²) in [5, 5.41) is 0. The topological polar surface area (TPSA) is 23.6 Å². The van der Waals surface area contributed by atoms with E-state index in [9.17, 15) is 4.79 Å². The smallest absolute Gasteiger partial charge is 0.133 e. The van der Waals surface area contributed by atoms with Crippen LogP contribution >= 0.6 is 24.8 Å². The van der Waals surface area contributed by atoms with Crippen LogP contribution in [-0.2, 0) is 4.79 Å². The molecule has 1 aliphatic heterocycles. The van der Waals surface area contributed by atoms with Crippen molar-refractivity contribution in [1.82, 2.24) is 9.80 Å². The third-order valence-corrected chi connectivity index (χ3v) is 1.93. The van der Waals surface area contributed by atoms with Gasteiger partial charge in [0.1, 0.15) is 6.29 Å². The van der Waals surface area contributed by atoms with Crippen molar-refractivity contribution in [3.63, 3.8) is 0 Å². The second-order valence-electron chi connectivity index (χ2n) is 2.77. The Hall–Kier alpha value is 0.170. The summed E-state index contributed by atoms with van der Waals surface area (Å²) in [5.41, 5.74) is 0. The maximum Gasteiger partial charge on any atom is 0.133 e. The van der Waals surface area contributed by atoms with Crippen molar-refractivity contribution in [2.24, 2.45) is 0 Å². The summed E-state index contributed by atoms with van der Waals surface area (Å²) in [6.07, 6.45) is 0.978. The van der Waals surface area contributed by atoms with Crippen molar-refractivity contribution in [1.29, 1.82) is 0 Å². The number of hydrogen-bond donors (Lipinski definition) is 0. The van der Waals surface area contributed by atoms with Gasteiger partial charge < -0.3 is 9.69 Å². The van der Waals surface area contributed by atoms with Crippen molar-refractivity contribution in [3.8, 4) is 0 Å². The molecule has 0 spiro atoms. The second kappa shape index (κ2) is 7.80. The van der Waals surface area contributed by atoms with Gasteiger partial charge in [-0.15, -0.1) is 24.8 Å². The average Bonchev–Trinajstić information content (AvgIpc) is 1.95. The molecule has 0 radical (unpaired) electrons. The molecule has 0 N–H and O–H groups in total. The number of carbonyl (C=O) groups is 1. The summed E-state index contributed by atoms with van der Waals surface area (Å²) in [5.74, 6) is 0. The van der Waals surface area contributed by atoms with Gasteiger partial charge in [0.15, 0.2) is 0 Å². The van der Waals surface area contributed by atoms with E-state index in [1.54, 1.807) is 0 Å². The lowest BCUT2D eigenvalue weighted by atomic mass is 10.3. The molecule has 1 rings (SSSR count). The minimum Gasteiger partial charge on any atom is -0.304 e. The number of carbonyl (C=O) groups excluding carboxylic acids is 1. The zero-order valence-corrected chi connectivity index (χ0v) is 8.87. The number of hydrogen-bond acceptors (Lipinski definition) is 3. The Labute approximate surface area is 85.9 Å². The van der Waals surface area contributed by atoms with Crippen molar-refractivity contribution in [3.05, 3.63) is 0 Å². The summed E-state index contributed by atoms with van der Waals surface area (Å²) in [6.45, 7) is 4.86. The summed E-state index contributed by atoms with van der Waals surface area (Å²) >= 11 is 0. The predicted octanol–water partition coefficient (Wildman–Crippen LogP) is 0.276. The zero-order valence-electron chi connectivity index (χ0n) is 7.23. The lowest BCUT2D eigenvalue weighted by molar-refractivity contribution is -0.109. The Morgan fingerprint density at radius 3 is 2.08 bits per heavy atom. The maximum atomic E-state index is 10.1. The van der Waals surface area contributed by atoms with Crippen molar-refractivity contribution in [2.75, 3.05) is 39.8 Å². The first-order valence-corrected chi connectivity index (χ1v) is 3.67. The van der Waals surface area contributed by atoms with E-state index in [1.807, 2.05) is 0 Å². The van der Waals surface area contributed by atoms with Crippen LogP contribution in [0.3, 0.4) is 0 Å². The van der Waals surface area contributed by atoms with Gasteiger partial charge in [0.25, 0.3) is 0 Å². The highest BCUT2D eigenvalue weighted by atomic mass is 35.5. The molecule has 12 heavy (non-hydrogen) atoms. The Bertz CT molecular complexity index is 116. The highest BCUT2D eigenvalue weighted by Crippen LogP contribution is 1.96. The monoisotopic (exact) mass is 214 g/mol. The van der Waals surface area contributed by atoms with E-state index in [2.05, 4.69) is 16.8 Å². The Morgan fingerprint density at radius 2 is 1.67 bits per heavy atom. The van der Waals surface area contributed by atoms with E-state index >= 15 is 0 Å². The van der Waals surface area contributed by atoms with Crippen LogP contribution in [0.15, 0.2) is 0 Å². The first kappa shape index (κ1) is 14.7. The van der Waals surface area contributed by atoms with E-state index in [4.69, 9.17) is 0 Å². The molecular formula is C7H16Cl2N2O. The van der Waals surface area contributed by atoms with Crippen molar-refractivity contribution < 1.29 is 4.79 Å². The molecule has 0 atom stereocenters. The summed E-state index contributed by atoms with van der Waals surface area (Å²) < 4.78 is 0. The molecule has 0 aliphatic carbocycles. The fourth-order valence-corrected chi connectivity index (χ4v) is 1.14. The van der Waals surface area contributed by atoms with Crippen LogP contribution in [0.5, 0.6) is 0 Å². The summed E-state index contributed by atoms with van der Waals surface area (Å²) in [7, 11) is 2.11. The molecule has 5 heteroatoms. The molecular weight excluding hydrogens is 199 g/mol. The number of halogens is 2. The van der Waals surface area contributed by atoms with Gasteiger partial charge in [0.05, 0.1) is 6.54 Å². The highest BCUT2D eigenvalue weighted by Gasteiger charge is 2.11. The van der Waals surface area contributed by atoms with Gasteiger partial charge in [-0.05, 0) is 7.05 Å². The van der Waals surface area contributed by atoms with Crippen molar-refractivity contribution in [2.45, 2.75) is 0 Å². The van der Waals surface area contributed by atoms with Crippen LogP contribution in [-0.4, -0.2) is 55.9 Å². The average molecular weight is 215 g/mol. The van der Waals surface area contributed by atoms with Crippen LogP contribution in [0.25, 0.3) is 0 Å². The molecule has 3 nitrogen and oxygen atoms in total. The van der Waals surface area contributed by atoms with Gasteiger partial charge in [-0.1, -0.05) is 0 Å². The molecule has 1 aliphatic rings. The molecule has 0 aromatic rings. The van der Waals surface area contributed by atoms with Gasteiger partial charge >= 0.3 is 0 Å². The lowest BCUT2D eigenvalue weighted by Gasteiger charge is -2.30. The Balaban J connectivity index is 0. The number of rotatable bonds is 2. The van der Waals surface area contributed by atoms with Crippen LogP contribution in [0.4, 0.5) is 0 Å². The fourth-order valence-electron chi connectivity index (χ4n) is 1.14. The van der Waals surface area contributed by atoms with Gasteiger partial charge in [0, 0.05) is 26.2 Å². The second-order valence-corrected chi connectivity index (χ2v) is 2.77. The normalized spacial score (nSPS) is 19.1. The van der Waals surface area contributed by atoms with E-state index in [1.165, 1.54) is 0 Å². The number of likely N-dealkylation sites (N-methyl/N-ethyl adjacent to an activating group) is 1. The minimum absolute atomic E-state index is 0. The van der Waals surface area contributed by atoms with E-state index in [0.29, 0.717) is 6.54 Å².